The standard InChI is InChI=1S/C17H20F2N2O4/c1-15(2,3)25-14(24)21-8-4-5-10-11(21)6-7-12(20-10)16(13(22)23)9-17(16,18)19/h6-7H,4-5,8-9H2,1-3H3,(H,22,23). The molecule has 136 valence electrons. The van der Waals surface area contributed by atoms with Gasteiger partial charge in [-0.2, -0.15) is 0 Å². The van der Waals surface area contributed by atoms with E-state index in [1.807, 2.05) is 0 Å². The maximum atomic E-state index is 13.7. The number of pyridine rings is 1. The molecule has 1 fully saturated rings. The van der Waals surface area contributed by atoms with E-state index in [1.54, 1.807) is 20.8 Å². The second-order valence-electron chi connectivity index (χ2n) is 7.49. The van der Waals surface area contributed by atoms with E-state index >= 15 is 0 Å². The number of anilines is 1. The topological polar surface area (TPSA) is 79.7 Å². The minimum Gasteiger partial charge on any atom is -0.480 e. The molecule has 0 spiro atoms. The van der Waals surface area contributed by atoms with Crippen molar-refractivity contribution in [3.63, 3.8) is 0 Å². The summed E-state index contributed by atoms with van der Waals surface area (Å²) in [5.41, 5.74) is -2.15. The minimum atomic E-state index is -3.31. The predicted molar refractivity (Wildman–Crippen MR) is 85.0 cm³/mol. The van der Waals surface area contributed by atoms with Gasteiger partial charge in [0.2, 0.25) is 0 Å². The molecule has 1 amide bonds. The maximum Gasteiger partial charge on any atom is 0.414 e. The second-order valence-corrected chi connectivity index (χ2v) is 7.49. The van der Waals surface area contributed by atoms with Gasteiger partial charge in [0.25, 0.3) is 5.92 Å². The highest BCUT2D eigenvalue weighted by Gasteiger charge is 2.78. The summed E-state index contributed by atoms with van der Waals surface area (Å²) in [4.78, 5) is 29.3. The zero-order chi connectivity index (χ0) is 18.6. The van der Waals surface area contributed by atoms with Crippen molar-refractivity contribution in [3.05, 3.63) is 23.5 Å². The lowest BCUT2D eigenvalue weighted by Gasteiger charge is -2.31. The van der Waals surface area contributed by atoms with Crippen LogP contribution in [0.25, 0.3) is 0 Å². The van der Waals surface area contributed by atoms with Crippen molar-refractivity contribution in [2.75, 3.05) is 11.4 Å². The summed E-state index contributed by atoms with van der Waals surface area (Å²) in [6, 6.07) is 2.76. The Balaban J connectivity index is 1.94. The van der Waals surface area contributed by atoms with Crippen LogP contribution in [0.1, 0.15) is 45.0 Å². The van der Waals surface area contributed by atoms with Gasteiger partial charge in [-0.1, -0.05) is 0 Å². The zero-order valence-corrected chi connectivity index (χ0v) is 14.3. The Kier molecular flexibility index (Phi) is 3.78. The molecule has 1 N–H and O–H groups in total. The number of nitrogens with zero attached hydrogens (tertiary/aromatic N) is 2. The second kappa shape index (κ2) is 5.37. The van der Waals surface area contributed by atoms with E-state index in [2.05, 4.69) is 4.98 Å². The lowest BCUT2D eigenvalue weighted by atomic mass is 9.98. The van der Waals surface area contributed by atoms with Crippen LogP contribution in [0.3, 0.4) is 0 Å². The number of hydrogen-bond acceptors (Lipinski definition) is 4. The van der Waals surface area contributed by atoms with Gasteiger partial charge in [0.05, 0.1) is 17.1 Å². The van der Waals surface area contributed by atoms with E-state index in [9.17, 15) is 23.5 Å². The van der Waals surface area contributed by atoms with Gasteiger partial charge >= 0.3 is 12.1 Å². The van der Waals surface area contributed by atoms with Crippen LogP contribution in [0.4, 0.5) is 19.3 Å². The quantitative estimate of drug-likeness (QED) is 0.883. The number of fused-ring (bicyclic) bond motifs is 1. The molecule has 1 aliphatic carbocycles. The summed E-state index contributed by atoms with van der Waals surface area (Å²) in [5.74, 6) is -4.88. The number of carbonyl (C=O) groups excluding carboxylic acids is 1. The van der Waals surface area contributed by atoms with Crippen molar-refractivity contribution < 1.29 is 28.2 Å². The lowest BCUT2D eigenvalue weighted by Crippen LogP contribution is -2.40. The fraction of sp³-hybridized carbons (Fsp3) is 0.588. The monoisotopic (exact) mass is 354 g/mol. The summed E-state index contributed by atoms with van der Waals surface area (Å²) < 4.78 is 32.8. The average molecular weight is 354 g/mol. The molecule has 0 aromatic carbocycles. The maximum absolute atomic E-state index is 13.7. The number of carboxylic acid groups (broad SMARTS) is 1. The van der Waals surface area contributed by atoms with Gasteiger partial charge in [-0.05, 0) is 45.7 Å². The van der Waals surface area contributed by atoms with Gasteiger partial charge in [-0.15, -0.1) is 0 Å². The Bertz CT molecular complexity index is 745. The van der Waals surface area contributed by atoms with Crippen molar-refractivity contribution in [2.45, 2.75) is 57.0 Å². The molecular formula is C17H20F2N2O4. The summed E-state index contributed by atoms with van der Waals surface area (Å²) in [6.45, 7) is 5.69. The SMILES string of the molecule is CC(C)(C)OC(=O)N1CCCc2nc(C3(C(=O)O)CC3(F)F)ccc21. The number of amides is 1. The molecule has 1 atom stereocenters. The molecule has 1 aliphatic heterocycles. The van der Waals surface area contributed by atoms with Gasteiger partial charge in [0.1, 0.15) is 5.60 Å². The number of aromatic nitrogens is 1. The van der Waals surface area contributed by atoms with Crippen LogP contribution in [0, 0.1) is 0 Å². The lowest BCUT2D eigenvalue weighted by molar-refractivity contribution is -0.143. The predicted octanol–water partition coefficient (Wildman–Crippen LogP) is 3.13. The highest BCUT2D eigenvalue weighted by atomic mass is 19.3. The number of rotatable bonds is 2. The third-order valence-corrected chi connectivity index (χ3v) is 4.44. The fourth-order valence-corrected chi connectivity index (χ4v) is 3.10. The summed E-state index contributed by atoms with van der Waals surface area (Å²) in [5, 5.41) is 9.26. The first-order valence-corrected chi connectivity index (χ1v) is 8.10. The number of carbonyl (C=O) groups is 2. The zero-order valence-electron chi connectivity index (χ0n) is 14.3. The Morgan fingerprint density at radius 3 is 2.48 bits per heavy atom. The molecule has 8 heteroatoms. The number of ether oxygens (including phenoxy) is 1. The van der Waals surface area contributed by atoms with Gasteiger partial charge < -0.3 is 9.84 Å². The van der Waals surface area contributed by atoms with E-state index in [0.717, 1.165) is 0 Å². The van der Waals surface area contributed by atoms with E-state index < -0.39 is 35.4 Å². The Labute approximate surface area is 143 Å². The van der Waals surface area contributed by atoms with Crippen LogP contribution in [0.15, 0.2) is 12.1 Å². The normalized spacial score (nSPS) is 24.4. The number of halogens is 2. The first-order valence-electron chi connectivity index (χ1n) is 8.10. The fourth-order valence-electron chi connectivity index (χ4n) is 3.10. The molecule has 25 heavy (non-hydrogen) atoms. The van der Waals surface area contributed by atoms with E-state index in [1.165, 1.54) is 17.0 Å². The van der Waals surface area contributed by atoms with Gasteiger partial charge in [-0.3, -0.25) is 14.7 Å². The molecule has 0 saturated heterocycles. The van der Waals surface area contributed by atoms with Crippen molar-refractivity contribution in [3.8, 4) is 0 Å². The number of hydrogen-bond donors (Lipinski definition) is 1. The molecule has 1 aromatic heterocycles. The van der Waals surface area contributed by atoms with Crippen molar-refractivity contribution >= 4 is 17.7 Å². The molecule has 1 unspecified atom stereocenters. The number of aryl methyl sites for hydroxylation is 1. The number of alkyl halides is 2. The summed E-state index contributed by atoms with van der Waals surface area (Å²) >= 11 is 0. The Hall–Kier alpha value is -2.25. The largest absolute Gasteiger partial charge is 0.480 e. The Morgan fingerprint density at radius 2 is 1.96 bits per heavy atom. The first-order chi connectivity index (χ1) is 11.5. The van der Waals surface area contributed by atoms with E-state index in [0.29, 0.717) is 30.8 Å². The van der Waals surface area contributed by atoms with Crippen LogP contribution < -0.4 is 4.90 Å². The summed E-state index contributed by atoms with van der Waals surface area (Å²) in [6.07, 6.45) is -0.201. The molecule has 0 radical (unpaired) electrons. The third-order valence-electron chi connectivity index (χ3n) is 4.44. The molecule has 3 rings (SSSR count). The highest BCUT2D eigenvalue weighted by Crippen LogP contribution is 2.61. The van der Waals surface area contributed by atoms with Gasteiger partial charge in [0.15, 0.2) is 5.41 Å². The molecule has 1 aromatic rings. The Morgan fingerprint density at radius 1 is 1.32 bits per heavy atom. The van der Waals surface area contributed by atoms with Gasteiger partial charge in [0, 0.05) is 13.0 Å². The van der Waals surface area contributed by atoms with Crippen molar-refractivity contribution in [2.24, 2.45) is 0 Å². The van der Waals surface area contributed by atoms with E-state index in [-0.39, 0.29) is 5.69 Å². The third kappa shape index (κ3) is 2.83. The molecule has 1 saturated carbocycles. The average Bonchev–Trinajstić information content (AvgIpc) is 3.08. The number of carboxylic acids is 1. The van der Waals surface area contributed by atoms with Crippen LogP contribution >= 0.6 is 0 Å². The van der Waals surface area contributed by atoms with Crippen molar-refractivity contribution in [1.29, 1.82) is 0 Å². The van der Waals surface area contributed by atoms with Crippen molar-refractivity contribution in [1.82, 2.24) is 4.98 Å². The highest BCUT2D eigenvalue weighted by molar-refractivity contribution is 5.90. The van der Waals surface area contributed by atoms with Crippen LogP contribution in [0.2, 0.25) is 0 Å². The minimum absolute atomic E-state index is 0.158. The van der Waals surface area contributed by atoms with Crippen LogP contribution in [0.5, 0.6) is 0 Å². The number of aliphatic carboxylic acids is 1. The smallest absolute Gasteiger partial charge is 0.414 e. The molecule has 6 nitrogen and oxygen atoms in total. The van der Waals surface area contributed by atoms with E-state index in [4.69, 9.17) is 4.74 Å². The summed E-state index contributed by atoms with van der Waals surface area (Å²) in [7, 11) is 0. The van der Waals surface area contributed by atoms with Crippen LogP contribution in [-0.4, -0.2) is 40.2 Å². The van der Waals surface area contributed by atoms with Crippen LogP contribution in [-0.2, 0) is 21.4 Å². The molecular weight excluding hydrogens is 334 g/mol. The molecule has 0 bridgehead atoms. The molecule has 2 aliphatic rings. The first kappa shape index (κ1) is 17.6. The van der Waals surface area contributed by atoms with Gasteiger partial charge in [-0.25, -0.2) is 13.6 Å². The molecule has 2 heterocycles.